The zero-order chi connectivity index (χ0) is 43.6. The van der Waals surface area contributed by atoms with Gasteiger partial charge in [-0.25, -0.2) is 0 Å². The summed E-state index contributed by atoms with van der Waals surface area (Å²) in [5.74, 6) is 10.2. The summed E-state index contributed by atoms with van der Waals surface area (Å²) in [5.41, 5.74) is -0.518. The molecule has 0 saturated heterocycles. The minimum Gasteiger partial charge on any atom is -0.390 e. The third-order valence-corrected chi connectivity index (χ3v) is 20.5. The molecule has 340 valence electrons. The maximum atomic E-state index is 13.4. The smallest absolute Gasteiger partial charge is 0.157 e. The summed E-state index contributed by atoms with van der Waals surface area (Å²) in [6.45, 7) is 14.9. The molecular weight excluding hydrogens is 869 g/mol. The zero-order valence-electron chi connectivity index (χ0n) is 38.0. The van der Waals surface area contributed by atoms with Crippen LogP contribution in [0.3, 0.4) is 0 Å². The van der Waals surface area contributed by atoms with Crippen LogP contribution in [0.15, 0.2) is 28.5 Å². The molecule has 0 radical (unpaired) electrons. The number of aliphatic imine (C=N–C) groups is 1. The van der Waals surface area contributed by atoms with Crippen LogP contribution in [0.5, 0.6) is 0 Å². The van der Waals surface area contributed by atoms with Gasteiger partial charge in [-0.05, 0) is 205 Å². The van der Waals surface area contributed by atoms with Gasteiger partial charge < -0.3 is 10.2 Å². The molecule has 0 aromatic carbocycles. The lowest BCUT2D eigenvalue weighted by molar-refractivity contribution is -0.133. The van der Waals surface area contributed by atoms with Crippen molar-refractivity contribution in [3.8, 4) is 0 Å². The lowest BCUT2D eigenvalue weighted by Gasteiger charge is -2.57. The average molecular weight is 946 g/mol. The Morgan fingerprint density at radius 1 is 0.721 bits per heavy atom. The monoisotopic (exact) mass is 943 g/mol. The van der Waals surface area contributed by atoms with E-state index in [1.54, 1.807) is 23.3 Å². The summed E-state index contributed by atoms with van der Waals surface area (Å²) >= 11 is 14.9. The van der Waals surface area contributed by atoms with Gasteiger partial charge >= 0.3 is 0 Å². The number of hydrogen-bond donors (Lipinski definition) is 2. The Hall–Kier alpha value is -1.06. The van der Waals surface area contributed by atoms with Crippen LogP contribution in [0, 0.1) is 93.7 Å². The van der Waals surface area contributed by atoms with Crippen LogP contribution in [0.4, 0.5) is 0 Å². The number of nitrogens with zero attached hydrogens (tertiary/aromatic N) is 3. The van der Waals surface area contributed by atoms with Crippen LogP contribution in [0.1, 0.15) is 144 Å². The first kappa shape index (κ1) is 46.5. The topological polar surface area (TPSA) is 105 Å². The Balaban J connectivity index is 0.000000150. The van der Waals surface area contributed by atoms with Crippen molar-refractivity contribution in [3.05, 3.63) is 28.5 Å². The third kappa shape index (κ3) is 9.10. The second-order valence-electron chi connectivity index (χ2n) is 23.3. The summed E-state index contributed by atoms with van der Waals surface area (Å²) in [7, 11) is 0. The van der Waals surface area contributed by atoms with Crippen molar-refractivity contribution in [2.45, 2.75) is 162 Å². The lowest BCUT2D eigenvalue weighted by atomic mass is 9.48. The number of fused-ring (bicyclic) bond motifs is 10. The molecule has 10 rings (SSSR count). The molecule has 1 aliphatic heterocycles. The molecule has 10 heteroatoms. The molecule has 8 fully saturated rings. The zero-order valence-corrected chi connectivity index (χ0v) is 41.1. The van der Waals surface area contributed by atoms with Crippen LogP contribution in [-0.2, 0) is 16.1 Å². The predicted octanol–water partition coefficient (Wildman–Crippen LogP) is 11.8. The number of allylic oxidation sites excluding steroid dienone is 1. The Morgan fingerprint density at radius 2 is 1.21 bits per heavy atom. The van der Waals surface area contributed by atoms with Crippen molar-refractivity contribution < 1.29 is 19.8 Å². The predicted molar refractivity (Wildman–Crippen MR) is 250 cm³/mol. The number of aromatic nitrogens is 2. The molecule has 0 amide bonds. The fourth-order valence-corrected chi connectivity index (χ4v) is 18.0. The van der Waals surface area contributed by atoms with E-state index in [9.17, 15) is 19.8 Å². The first-order chi connectivity index (χ1) is 28.8. The van der Waals surface area contributed by atoms with E-state index in [4.69, 9.17) is 23.2 Å². The normalized spacial score (nSPS) is 48.0. The quantitative estimate of drug-likeness (QED) is 0.286. The molecule has 2 heterocycles. The summed E-state index contributed by atoms with van der Waals surface area (Å²) in [6, 6.07) is 0. The molecular formula is C51H76BrCl2N3O4. The SMILES string of the molecule is C[C@@H]1C[C@H](C(=O)CBr)[C@@]2(C)CC[C@H]3[C@@H](CC[C@@H]4C[C@](C)(O)CC[C@@H]43)[C@H]12.C[C@@H]1C[C@H](C(=O)Cn2cc(Cl)cn2)[C@@]2(C)CC[C@H]3[C@@H](CC[C@@H]4C[C@](C)(O)CC[C@@H]43)[C@H]12.ClC1=CCN=C1. The van der Waals surface area contributed by atoms with Gasteiger partial charge in [0.15, 0.2) is 5.78 Å². The number of ketones is 2. The number of halogens is 3. The van der Waals surface area contributed by atoms with Crippen molar-refractivity contribution in [1.29, 1.82) is 0 Å². The molecule has 1 aromatic heterocycles. The van der Waals surface area contributed by atoms with Gasteiger partial charge in [0.1, 0.15) is 5.78 Å². The highest BCUT2D eigenvalue weighted by molar-refractivity contribution is 9.09. The summed E-state index contributed by atoms with van der Waals surface area (Å²) < 4.78 is 1.71. The molecule has 1 aromatic rings. The summed E-state index contributed by atoms with van der Waals surface area (Å²) in [5, 5.41) is 27.3. The van der Waals surface area contributed by atoms with Gasteiger partial charge in [-0.3, -0.25) is 19.3 Å². The van der Waals surface area contributed by atoms with E-state index in [-0.39, 0.29) is 22.7 Å². The third-order valence-electron chi connectivity index (χ3n) is 19.5. The molecule has 2 N–H and O–H groups in total. The number of carbonyl (C=O) groups is 2. The fraction of sp³-hybridized carbons (Fsp3) is 0.843. The highest BCUT2D eigenvalue weighted by Gasteiger charge is 2.62. The van der Waals surface area contributed by atoms with E-state index in [1.165, 1.54) is 64.2 Å². The van der Waals surface area contributed by atoms with E-state index in [2.05, 4.69) is 53.7 Å². The number of alkyl halides is 1. The van der Waals surface area contributed by atoms with E-state index in [0.717, 1.165) is 97.4 Å². The van der Waals surface area contributed by atoms with Gasteiger partial charge in [-0.15, -0.1) is 0 Å². The van der Waals surface area contributed by atoms with E-state index >= 15 is 0 Å². The standard InChI is InChI=1S/C25H37ClN2O2.C22H35BrO2.C4H4ClN/c1-15-10-21(22(29)14-28-13-17(26)12-27-28)25(3)9-7-19-18-6-8-24(2,30)11-16(18)4-5-20(19)23(15)25;1-13-10-18(19(24)12-23)22(3)9-7-16-15-6-8-21(2,25)11-14(15)4-5-17(16)20(13)22;5-4-1-2-6-3-4/h12-13,15-16,18-21,23,30H,4-11,14H2,1-3H3;13-18,20,25H,4-12H2,1-3H3;1,3H,2H2/t15-,16-,18+,19-,20-,21-,23+,24-,25-;13-,14-,15+,16-,17-,18-,20+,21-,22-;/m11./s1. The van der Waals surface area contributed by atoms with Crippen molar-refractivity contribution in [2.75, 3.05) is 11.9 Å². The number of Topliss-reactive ketones (excluding diaryl/α,β-unsaturated/α-hetero) is 2. The van der Waals surface area contributed by atoms with Crippen LogP contribution in [-0.4, -0.2) is 60.9 Å². The Bertz CT molecular complexity index is 1830. The van der Waals surface area contributed by atoms with E-state index in [0.29, 0.717) is 52.1 Å². The van der Waals surface area contributed by atoms with Crippen molar-refractivity contribution >= 4 is 56.9 Å². The van der Waals surface area contributed by atoms with E-state index in [1.807, 2.05) is 19.9 Å². The second kappa shape index (κ2) is 18.0. The number of rotatable bonds is 5. The second-order valence-corrected chi connectivity index (χ2v) is 24.7. The van der Waals surface area contributed by atoms with Crippen molar-refractivity contribution in [3.63, 3.8) is 0 Å². The van der Waals surface area contributed by atoms with Crippen LogP contribution >= 0.6 is 39.1 Å². The largest absolute Gasteiger partial charge is 0.390 e. The van der Waals surface area contributed by atoms with Gasteiger partial charge in [-0.2, -0.15) is 5.10 Å². The molecule has 8 saturated carbocycles. The van der Waals surface area contributed by atoms with Gasteiger partial charge in [-0.1, -0.05) is 66.8 Å². The molecule has 0 spiro atoms. The maximum Gasteiger partial charge on any atom is 0.157 e. The van der Waals surface area contributed by atoms with Crippen molar-refractivity contribution in [1.82, 2.24) is 9.78 Å². The molecule has 0 bridgehead atoms. The lowest BCUT2D eigenvalue weighted by Crippen LogP contribution is -2.51. The van der Waals surface area contributed by atoms with Gasteiger partial charge in [0, 0.05) is 24.2 Å². The van der Waals surface area contributed by atoms with Crippen molar-refractivity contribution in [2.24, 2.45) is 98.7 Å². The van der Waals surface area contributed by atoms with Crippen LogP contribution in [0.2, 0.25) is 5.02 Å². The molecule has 9 aliphatic rings. The average Bonchev–Trinajstić information content (AvgIpc) is 3.98. The number of hydrogen-bond acceptors (Lipinski definition) is 6. The minimum absolute atomic E-state index is 0.127. The Kier molecular flexibility index (Phi) is 13.7. The summed E-state index contributed by atoms with van der Waals surface area (Å²) in [6.07, 6.45) is 25.6. The number of aliphatic hydroxyl groups is 2. The number of carbonyl (C=O) groups excluding carboxylic acids is 2. The molecule has 18 atom stereocenters. The van der Waals surface area contributed by atoms with Gasteiger partial charge in [0.2, 0.25) is 0 Å². The van der Waals surface area contributed by atoms with E-state index < -0.39 is 11.2 Å². The minimum atomic E-state index is -0.454. The maximum absolute atomic E-state index is 13.4. The highest BCUT2D eigenvalue weighted by Crippen LogP contribution is 2.68. The van der Waals surface area contributed by atoms with Gasteiger partial charge in [0.25, 0.3) is 0 Å². The van der Waals surface area contributed by atoms with Crippen LogP contribution in [0.25, 0.3) is 0 Å². The first-order valence-electron chi connectivity index (χ1n) is 24.4. The molecule has 8 aliphatic carbocycles. The fourth-order valence-electron chi connectivity index (χ4n) is 17.4. The first-order valence-corrected chi connectivity index (χ1v) is 26.3. The summed E-state index contributed by atoms with van der Waals surface area (Å²) in [4.78, 5) is 29.8. The molecule has 0 unspecified atom stereocenters. The van der Waals surface area contributed by atoms with Crippen LogP contribution < -0.4 is 0 Å². The Labute approximate surface area is 385 Å². The van der Waals surface area contributed by atoms with Gasteiger partial charge in [0.05, 0.1) is 45.9 Å². The highest BCUT2D eigenvalue weighted by atomic mass is 79.9. The molecule has 7 nitrogen and oxygen atoms in total. The molecule has 61 heavy (non-hydrogen) atoms. The Morgan fingerprint density at radius 3 is 1.62 bits per heavy atom.